The van der Waals surface area contributed by atoms with E-state index in [2.05, 4.69) is 21.8 Å². The number of ether oxygens (including phenoxy) is 1. The van der Waals surface area contributed by atoms with Crippen LogP contribution in [0.15, 0.2) is 30.6 Å². The van der Waals surface area contributed by atoms with Crippen molar-refractivity contribution in [1.29, 1.82) is 0 Å². The van der Waals surface area contributed by atoms with E-state index in [0.717, 1.165) is 48.3 Å². The van der Waals surface area contributed by atoms with Gasteiger partial charge in [0.15, 0.2) is 0 Å². The molecule has 2 saturated heterocycles. The first kappa shape index (κ1) is 29.2. The van der Waals surface area contributed by atoms with Gasteiger partial charge in [0, 0.05) is 43.3 Å². The number of amides is 2. The molecule has 4 atom stereocenters. The van der Waals surface area contributed by atoms with Crippen molar-refractivity contribution in [3.63, 3.8) is 0 Å². The largest absolute Gasteiger partial charge is 0.444 e. The van der Waals surface area contributed by atoms with Crippen LogP contribution in [0.4, 0.5) is 10.6 Å². The third-order valence-electron chi connectivity index (χ3n) is 9.64. The second-order valence-electron chi connectivity index (χ2n) is 13.7. The Labute approximate surface area is 253 Å². The smallest absolute Gasteiger partial charge is 0.410 e. The van der Waals surface area contributed by atoms with Crippen LogP contribution in [-0.4, -0.2) is 81.2 Å². The number of aliphatic hydroxyl groups excluding tert-OH is 1. The minimum absolute atomic E-state index is 0.0311. The predicted octanol–water partition coefficient (Wildman–Crippen LogP) is 5.28. The molecule has 0 radical (unpaired) electrons. The molecule has 6 rings (SSSR count). The van der Waals surface area contributed by atoms with Crippen molar-refractivity contribution in [1.82, 2.24) is 19.8 Å². The van der Waals surface area contributed by atoms with Gasteiger partial charge in [-0.05, 0) is 75.5 Å². The average Bonchev–Trinajstić information content (AvgIpc) is 3.47. The van der Waals surface area contributed by atoms with Crippen LogP contribution < -0.4 is 4.90 Å². The summed E-state index contributed by atoms with van der Waals surface area (Å²) in [6.45, 7) is 10.7. The first-order chi connectivity index (χ1) is 19.9. The van der Waals surface area contributed by atoms with Crippen molar-refractivity contribution in [3.05, 3.63) is 52.4 Å². The van der Waals surface area contributed by atoms with Crippen LogP contribution in [0.1, 0.15) is 94.6 Å². The van der Waals surface area contributed by atoms with Crippen LogP contribution in [0.3, 0.4) is 0 Å². The maximum absolute atomic E-state index is 14.5. The van der Waals surface area contributed by atoms with Crippen molar-refractivity contribution in [2.75, 3.05) is 37.6 Å². The third kappa shape index (κ3) is 5.46. The molecule has 1 aromatic heterocycles. The molecule has 3 heterocycles. The van der Waals surface area contributed by atoms with E-state index in [1.54, 1.807) is 0 Å². The van der Waals surface area contributed by atoms with Gasteiger partial charge in [0.05, 0.1) is 23.8 Å². The first-order valence-electron chi connectivity index (χ1n) is 15.3. The van der Waals surface area contributed by atoms with Crippen LogP contribution in [0, 0.1) is 5.41 Å². The van der Waals surface area contributed by atoms with Crippen molar-refractivity contribution in [2.24, 2.45) is 5.41 Å². The summed E-state index contributed by atoms with van der Waals surface area (Å²) in [4.78, 5) is 43.0. The van der Waals surface area contributed by atoms with Crippen LogP contribution >= 0.6 is 11.6 Å². The lowest BCUT2D eigenvalue weighted by molar-refractivity contribution is -0.134. The Morgan fingerprint density at radius 2 is 1.79 bits per heavy atom. The van der Waals surface area contributed by atoms with Gasteiger partial charge >= 0.3 is 6.09 Å². The van der Waals surface area contributed by atoms with E-state index in [-0.39, 0.29) is 29.4 Å². The van der Waals surface area contributed by atoms with Gasteiger partial charge in [-0.1, -0.05) is 37.1 Å². The van der Waals surface area contributed by atoms with Gasteiger partial charge in [-0.25, -0.2) is 14.8 Å². The molecule has 0 bridgehead atoms. The molecule has 10 heteroatoms. The summed E-state index contributed by atoms with van der Waals surface area (Å²) < 4.78 is 5.86. The molecular weight excluding hydrogens is 554 g/mol. The Morgan fingerprint density at radius 3 is 2.40 bits per heavy atom. The Morgan fingerprint density at radius 1 is 1.10 bits per heavy atom. The zero-order valence-corrected chi connectivity index (χ0v) is 25.8. The summed E-state index contributed by atoms with van der Waals surface area (Å²) in [5.41, 5.74) is 2.05. The molecular formula is C32H42ClN5O4. The molecule has 2 amide bonds. The molecule has 9 nitrogen and oxygen atoms in total. The summed E-state index contributed by atoms with van der Waals surface area (Å²) in [7, 11) is 0. The maximum Gasteiger partial charge on any atom is 0.410 e. The fourth-order valence-electron chi connectivity index (χ4n) is 7.44. The summed E-state index contributed by atoms with van der Waals surface area (Å²) in [5.74, 6) is 0.563. The molecule has 0 unspecified atom stereocenters. The number of nitrogens with zero attached hydrogens (tertiary/aromatic N) is 5. The number of aromatic nitrogens is 2. The predicted molar refractivity (Wildman–Crippen MR) is 161 cm³/mol. The molecule has 1 aromatic carbocycles. The second kappa shape index (κ2) is 11.0. The summed E-state index contributed by atoms with van der Waals surface area (Å²) in [6.07, 6.45) is 5.36. The Balaban J connectivity index is 1.26. The first-order valence-corrected chi connectivity index (χ1v) is 15.6. The zero-order valence-electron chi connectivity index (χ0n) is 25.1. The SMILES string of the molecule is C[C@@H]1C[C@@H](O)c2ncnc(N3CCN(C(=O)[C@@H](c4ccc(Cl)cc4)[C@@H]4CC5(CCC5)CN4C(=O)OC(C)(C)C)CC3)c21. The summed E-state index contributed by atoms with van der Waals surface area (Å²) >= 11 is 6.26. The molecule has 1 N–H and O–H groups in total. The normalized spacial score (nSPS) is 25.8. The summed E-state index contributed by atoms with van der Waals surface area (Å²) in [5, 5.41) is 11.1. The highest BCUT2D eigenvalue weighted by Crippen LogP contribution is 2.53. The number of carbonyl (C=O) groups excluding carboxylic acids is 2. The summed E-state index contributed by atoms with van der Waals surface area (Å²) in [6, 6.07) is 7.21. The number of rotatable bonds is 4. The number of carbonyl (C=O) groups is 2. The molecule has 3 fully saturated rings. The van der Waals surface area contributed by atoms with E-state index in [1.165, 1.54) is 6.33 Å². The van der Waals surface area contributed by atoms with Gasteiger partial charge in [0.2, 0.25) is 5.91 Å². The molecule has 1 spiro atoms. The highest BCUT2D eigenvalue weighted by Gasteiger charge is 2.54. The number of piperazine rings is 1. The Kier molecular flexibility index (Phi) is 7.63. The molecule has 2 aliphatic carbocycles. The second-order valence-corrected chi connectivity index (χ2v) is 14.2. The molecule has 4 aliphatic rings. The third-order valence-corrected chi connectivity index (χ3v) is 9.89. The number of anilines is 1. The molecule has 226 valence electrons. The lowest BCUT2D eigenvalue weighted by Crippen LogP contribution is -2.53. The lowest BCUT2D eigenvalue weighted by atomic mass is 9.66. The fraction of sp³-hybridized carbons (Fsp3) is 0.625. The molecule has 42 heavy (non-hydrogen) atoms. The van der Waals surface area contributed by atoms with Crippen LogP contribution in [0.25, 0.3) is 0 Å². The van der Waals surface area contributed by atoms with E-state index in [4.69, 9.17) is 16.3 Å². The monoisotopic (exact) mass is 595 g/mol. The van der Waals surface area contributed by atoms with Gasteiger partial charge in [-0.3, -0.25) is 4.79 Å². The van der Waals surface area contributed by atoms with Crippen LogP contribution in [0.2, 0.25) is 5.02 Å². The van der Waals surface area contributed by atoms with E-state index in [9.17, 15) is 14.7 Å². The van der Waals surface area contributed by atoms with Crippen molar-refractivity contribution in [2.45, 2.75) is 89.4 Å². The van der Waals surface area contributed by atoms with Gasteiger partial charge in [0.1, 0.15) is 17.7 Å². The van der Waals surface area contributed by atoms with Gasteiger partial charge < -0.3 is 24.5 Å². The van der Waals surface area contributed by atoms with Gasteiger partial charge in [-0.15, -0.1) is 0 Å². The van der Waals surface area contributed by atoms with Crippen molar-refractivity contribution < 1.29 is 19.4 Å². The fourth-order valence-corrected chi connectivity index (χ4v) is 7.57. The number of aliphatic hydroxyl groups is 1. The topological polar surface area (TPSA) is 99.1 Å². The van der Waals surface area contributed by atoms with Crippen LogP contribution in [-0.2, 0) is 9.53 Å². The minimum Gasteiger partial charge on any atom is -0.444 e. The van der Waals surface area contributed by atoms with E-state index in [1.807, 2.05) is 54.8 Å². The Hall–Kier alpha value is -2.91. The number of halogens is 1. The average molecular weight is 596 g/mol. The van der Waals surface area contributed by atoms with Gasteiger partial charge in [-0.2, -0.15) is 0 Å². The van der Waals surface area contributed by atoms with E-state index < -0.39 is 17.6 Å². The number of hydrogen-bond donors (Lipinski definition) is 1. The quantitative estimate of drug-likeness (QED) is 0.513. The minimum atomic E-state index is -0.623. The van der Waals surface area contributed by atoms with E-state index in [0.29, 0.717) is 44.2 Å². The van der Waals surface area contributed by atoms with Crippen LogP contribution in [0.5, 0.6) is 0 Å². The van der Waals surface area contributed by atoms with Crippen molar-refractivity contribution >= 4 is 29.4 Å². The number of benzene rings is 1. The highest BCUT2D eigenvalue weighted by atomic mass is 35.5. The molecule has 1 saturated carbocycles. The van der Waals surface area contributed by atoms with E-state index >= 15 is 0 Å². The number of hydrogen-bond acceptors (Lipinski definition) is 7. The zero-order chi connectivity index (χ0) is 29.8. The maximum atomic E-state index is 14.5. The van der Waals surface area contributed by atoms with Gasteiger partial charge in [0.25, 0.3) is 0 Å². The molecule has 2 aliphatic heterocycles. The lowest BCUT2D eigenvalue weighted by Gasteiger charge is -2.40. The highest BCUT2D eigenvalue weighted by molar-refractivity contribution is 6.30. The number of fused-ring (bicyclic) bond motifs is 1. The molecule has 2 aromatic rings. The standard InChI is InChI=1S/C32H42ClN5O4/c1-20-16-24(39)27-25(20)28(35-19-34-27)36-12-14-37(15-13-36)29(40)26(21-6-8-22(33)9-7-21)23-17-32(10-5-11-32)18-38(23)30(41)42-31(2,3)4/h6-9,19-20,23-24,26,39H,5,10-18H2,1-4H3/t20-,23+,24-,26+/m1/s1. The number of likely N-dealkylation sites (tertiary alicyclic amines) is 1. The van der Waals surface area contributed by atoms with Crippen molar-refractivity contribution in [3.8, 4) is 0 Å². The Bertz CT molecular complexity index is 1330.